The molecule has 0 radical (unpaired) electrons. The number of amides is 1. The molecule has 0 saturated carbocycles. The molecular formula is C35H41N3O4S. The quantitative estimate of drug-likeness (QED) is 0.107. The van der Waals surface area contributed by atoms with Crippen LogP contribution in [0.15, 0.2) is 90.2 Å². The van der Waals surface area contributed by atoms with Crippen molar-refractivity contribution in [3.8, 4) is 16.9 Å². The molecule has 0 aliphatic rings. The van der Waals surface area contributed by atoms with E-state index in [9.17, 15) is 9.00 Å². The summed E-state index contributed by atoms with van der Waals surface area (Å²) >= 11 is 0. The van der Waals surface area contributed by atoms with Gasteiger partial charge in [-0.05, 0) is 90.6 Å². The molecule has 3 aromatic carbocycles. The van der Waals surface area contributed by atoms with Gasteiger partial charge in [0.1, 0.15) is 12.4 Å². The maximum atomic E-state index is 12.9. The first-order valence-electron chi connectivity index (χ1n) is 14.8. The van der Waals surface area contributed by atoms with E-state index in [0.717, 1.165) is 66.1 Å². The van der Waals surface area contributed by atoms with Gasteiger partial charge in [-0.1, -0.05) is 44.5 Å². The van der Waals surface area contributed by atoms with E-state index in [-0.39, 0.29) is 5.91 Å². The number of anilines is 1. The number of nitrogens with zero attached hydrogens (tertiary/aromatic N) is 2. The fraction of sp³-hybridized carbons (Fsp3) is 0.314. The van der Waals surface area contributed by atoms with Gasteiger partial charge in [-0.25, -0.2) is 4.98 Å². The Morgan fingerprint density at radius 3 is 2.47 bits per heavy atom. The van der Waals surface area contributed by atoms with Crippen molar-refractivity contribution >= 4 is 28.5 Å². The van der Waals surface area contributed by atoms with Crippen LogP contribution in [0.3, 0.4) is 0 Å². The van der Waals surface area contributed by atoms with Crippen molar-refractivity contribution in [1.82, 2.24) is 9.55 Å². The monoisotopic (exact) mass is 599 g/mol. The standard InChI is InChI=1S/C35H41N3O4S/c1-4-6-20-41-21-22-42-33-14-9-28(10-15-33)30-8-7-27(3)29(23-30)11-18-35(39)37-31-12-16-34(17-13-31)43(40)25-32-24-36-26-38(32)19-5-2/h7-18,23-24,26H,4-6,19-22,25H2,1-3H3,(H,37,39)/b18-11+. The van der Waals surface area contributed by atoms with Crippen molar-refractivity contribution in [2.75, 3.05) is 25.1 Å². The van der Waals surface area contributed by atoms with E-state index in [1.165, 1.54) is 6.08 Å². The minimum absolute atomic E-state index is 0.234. The second kappa shape index (κ2) is 16.6. The van der Waals surface area contributed by atoms with E-state index in [4.69, 9.17) is 9.47 Å². The zero-order valence-corrected chi connectivity index (χ0v) is 26.1. The molecule has 1 unspecified atom stereocenters. The maximum absolute atomic E-state index is 12.9. The summed E-state index contributed by atoms with van der Waals surface area (Å²) in [5.74, 6) is 0.979. The predicted octanol–water partition coefficient (Wildman–Crippen LogP) is 7.42. The molecule has 1 atom stereocenters. The first-order chi connectivity index (χ1) is 21.0. The fourth-order valence-corrected chi connectivity index (χ4v) is 5.59. The Hall–Kier alpha value is -4.01. The maximum Gasteiger partial charge on any atom is 0.248 e. The number of aromatic nitrogens is 2. The summed E-state index contributed by atoms with van der Waals surface area (Å²) in [6.07, 6.45) is 10.1. The third-order valence-corrected chi connectivity index (χ3v) is 8.30. The molecule has 0 aliphatic carbocycles. The molecule has 8 heteroatoms. The van der Waals surface area contributed by atoms with E-state index < -0.39 is 10.8 Å². The Labute approximate surface area is 257 Å². The van der Waals surface area contributed by atoms with Gasteiger partial charge in [0, 0.05) is 36.0 Å². The van der Waals surface area contributed by atoms with Crippen LogP contribution in [0.5, 0.6) is 5.75 Å². The van der Waals surface area contributed by atoms with Crippen LogP contribution < -0.4 is 10.1 Å². The van der Waals surface area contributed by atoms with Crippen molar-refractivity contribution in [1.29, 1.82) is 0 Å². The van der Waals surface area contributed by atoms with Crippen molar-refractivity contribution in [2.45, 2.75) is 57.2 Å². The van der Waals surface area contributed by atoms with E-state index >= 15 is 0 Å². The smallest absolute Gasteiger partial charge is 0.248 e. The summed E-state index contributed by atoms with van der Waals surface area (Å²) in [4.78, 5) is 17.6. The molecule has 1 N–H and O–H groups in total. The minimum Gasteiger partial charge on any atom is -0.491 e. The Kier molecular flexibility index (Phi) is 12.3. The molecule has 1 heterocycles. The zero-order chi connectivity index (χ0) is 30.4. The van der Waals surface area contributed by atoms with Crippen LogP contribution in [0.25, 0.3) is 17.2 Å². The van der Waals surface area contributed by atoms with Crippen molar-refractivity contribution < 1.29 is 18.5 Å². The van der Waals surface area contributed by atoms with Crippen LogP contribution >= 0.6 is 0 Å². The lowest BCUT2D eigenvalue weighted by molar-refractivity contribution is -0.111. The average Bonchev–Trinajstić information content (AvgIpc) is 3.45. The second-order valence-corrected chi connectivity index (χ2v) is 11.8. The SMILES string of the molecule is CCCCOCCOc1ccc(-c2ccc(C)c(/C=C/C(=O)Nc3ccc(S(=O)Cc4cncn4CCC)cc3)c2)cc1. The number of hydrogen-bond acceptors (Lipinski definition) is 5. The molecule has 1 aromatic heterocycles. The van der Waals surface area contributed by atoms with Gasteiger partial charge in [-0.2, -0.15) is 0 Å². The number of rotatable bonds is 16. The first kappa shape index (κ1) is 31.9. The molecule has 0 saturated heterocycles. The molecule has 4 rings (SSSR count). The van der Waals surface area contributed by atoms with Crippen LogP contribution in [-0.2, 0) is 32.6 Å². The van der Waals surface area contributed by atoms with Gasteiger partial charge < -0.3 is 19.4 Å². The largest absolute Gasteiger partial charge is 0.491 e. The highest BCUT2D eigenvalue weighted by Gasteiger charge is 2.10. The Morgan fingerprint density at radius 2 is 1.72 bits per heavy atom. The van der Waals surface area contributed by atoms with Gasteiger partial charge in [-0.15, -0.1) is 0 Å². The van der Waals surface area contributed by atoms with Crippen LogP contribution in [0.1, 0.15) is 49.9 Å². The van der Waals surface area contributed by atoms with Crippen LogP contribution in [0.4, 0.5) is 5.69 Å². The predicted molar refractivity (Wildman–Crippen MR) is 175 cm³/mol. The molecular weight excluding hydrogens is 558 g/mol. The van der Waals surface area contributed by atoms with Gasteiger partial charge in [0.2, 0.25) is 5.91 Å². The molecule has 43 heavy (non-hydrogen) atoms. The second-order valence-electron chi connectivity index (χ2n) is 10.3. The third-order valence-electron chi connectivity index (χ3n) is 6.95. The fourth-order valence-electron chi connectivity index (χ4n) is 4.48. The number of aryl methyl sites for hydroxylation is 2. The zero-order valence-electron chi connectivity index (χ0n) is 25.3. The van der Waals surface area contributed by atoms with Crippen LogP contribution in [0.2, 0.25) is 0 Å². The summed E-state index contributed by atoms with van der Waals surface area (Å²) in [6.45, 7) is 9.01. The third kappa shape index (κ3) is 9.76. The molecule has 0 aliphatic heterocycles. The lowest BCUT2D eigenvalue weighted by Crippen LogP contribution is -2.08. The summed E-state index contributed by atoms with van der Waals surface area (Å²) < 4.78 is 26.3. The highest BCUT2D eigenvalue weighted by Crippen LogP contribution is 2.25. The minimum atomic E-state index is -1.20. The molecule has 0 fully saturated rings. The van der Waals surface area contributed by atoms with E-state index in [1.807, 2.05) is 41.8 Å². The Morgan fingerprint density at radius 1 is 0.953 bits per heavy atom. The van der Waals surface area contributed by atoms with Crippen LogP contribution in [-0.4, -0.2) is 39.5 Å². The van der Waals surface area contributed by atoms with Gasteiger partial charge in [0.25, 0.3) is 0 Å². The number of carbonyl (C=O) groups excluding carboxylic acids is 1. The molecule has 1 amide bonds. The molecule has 0 bridgehead atoms. The highest BCUT2D eigenvalue weighted by atomic mass is 32.2. The summed E-state index contributed by atoms with van der Waals surface area (Å²) in [6, 6.07) is 21.4. The highest BCUT2D eigenvalue weighted by molar-refractivity contribution is 7.84. The van der Waals surface area contributed by atoms with Crippen molar-refractivity contribution in [2.24, 2.45) is 0 Å². The summed E-state index contributed by atoms with van der Waals surface area (Å²) in [5.41, 5.74) is 5.76. The molecule has 4 aromatic rings. The topological polar surface area (TPSA) is 82.4 Å². The van der Waals surface area contributed by atoms with Gasteiger partial charge >= 0.3 is 0 Å². The number of unbranched alkanes of at least 4 members (excludes halogenated alkanes) is 1. The van der Waals surface area contributed by atoms with Gasteiger partial charge in [-0.3, -0.25) is 9.00 Å². The van der Waals surface area contributed by atoms with E-state index in [0.29, 0.717) is 29.5 Å². The van der Waals surface area contributed by atoms with E-state index in [2.05, 4.69) is 42.3 Å². The Balaban J connectivity index is 1.31. The lowest BCUT2D eigenvalue weighted by atomic mass is 9.99. The molecule has 7 nitrogen and oxygen atoms in total. The molecule has 226 valence electrons. The summed E-state index contributed by atoms with van der Waals surface area (Å²) in [7, 11) is -1.20. The van der Waals surface area contributed by atoms with Crippen molar-refractivity contribution in [3.05, 3.63) is 102 Å². The van der Waals surface area contributed by atoms with E-state index in [1.54, 1.807) is 36.8 Å². The number of carbonyl (C=O) groups is 1. The van der Waals surface area contributed by atoms with Gasteiger partial charge in [0.05, 0.1) is 35.2 Å². The number of imidazole rings is 1. The number of ether oxygens (including phenoxy) is 2. The molecule has 0 spiro atoms. The van der Waals surface area contributed by atoms with Crippen LogP contribution in [0, 0.1) is 6.92 Å². The number of hydrogen-bond donors (Lipinski definition) is 1. The lowest BCUT2D eigenvalue weighted by Gasteiger charge is -2.09. The average molecular weight is 600 g/mol. The van der Waals surface area contributed by atoms with Crippen molar-refractivity contribution in [3.63, 3.8) is 0 Å². The summed E-state index contributed by atoms with van der Waals surface area (Å²) in [5, 5.41) is 2.89. The van der Waals surface area contributed by atoms with Gasteiger partial charge in [0.15, 0.2) is 0 Å². The number of benzene rings is 3. The first-order valence-corrected chi connectivity index (χ1v) is 16.2. The Bertz CT molecular complexity index is 1510. The number of nitrogens with one attached hydrogen (secondary N) is 1. The normalized spacial score (nSPS) is 12.0.